The smallest absolute Gasteiger partial charge is 0.252 e. The molecule has 0 aliphatic heterocycles. The van der Waals surface area contributed by atoms with Crippen LogP contribution in [0.4, 0.5) is 0 Å². The summed E-state index contributed by atoms with van der Waals surface area (Å²) in [5, 5.41) is 12.2. The third kappa shape index (κ3) is 3.19. The van der Waals surface area contributed by atoms with Crippen LogP contribution in [0, 0.1) is 0 Å². The van der Waals surface area contributed by atoms with E-state index in [1.54, 1.807) is 0 Å². The van der Waals surface area contributed by atoms with Crippen molar-refractivity contribution in [1.82, 2.24) is 11.1 Å². The summed E-state index contributed by atoms with van der Waals surface area (Å²) in [5.41, 5.74) is 6.69. The Morgan fingerprint density at radius 3 is 2.50 bits per heavy atom. The molecular weight excluding hydrogens is 156 g/mol. The number of aliphatic hydroxyl groups excluding tert-OH is 1. The van der Waals surface area contributed by atoms with E-state index in [4.69, 9.17) is 5.73 Å². The number of nitrogens with one attached hydrogen (secondary N) is 2. The van der Waals surface area contributed by atoms with E-state index in [0.29, 0.717) is 6.04 Å². The Kier molecular flexibility index (Phi) is 3.49. The number of carbonyl (C=O) groups is 1. The van der Waals surface area contributed by atoms with E-state index in [2.05, 4.69) is 5.32 Å². The minimum atomic E-state index is -0.568. The minimum absolute atomic E-state index is 0.140. The second-order valence-electron chi connectivity index (χ2n) is 3.31. The molecule has 12 heavy (non-hydrogen) atoms. The summed E-state index contributed by atoms with van der Waals surface area (Å²) in [5.74, 6) is -0.568. The largest absolute Gasteiger partial charge is 0.393 e. The molecule has 1 radical (unpaired) electrons. The van der Waals surface area contributed by atoms with Crippen molar-refractivity contribution in [2.24, 2.45) is 0 Å². The van der Waals surface area contributed by atoms with E-state index in [1.807, 2.05) is 0 Å². The molecular formula is C8H15N2O2. The van der Waals surface area contributed by atoms with Crippen LogP contribution in [0.15, 0.2) is 0 Å². The van der Waals surface area contributed by atoms with Crippen LogP contribution in [-0.2, 0) is 4.79 Å². The van der Waals surface area contributed by atoms with E-state index in [-0.39, 0.29) is 12.6 Å². The topological polar surface area (TPSA) is 73.1 Å². The minimum Gasteiger partial charge on any atom is -0.393 e. The molecule has 0 atom stereocenters. The molecule has 1 fully saturated rings. The summed E-state index contributed by atoms with van der Waals surface area (Å²) in [6, 6.07) is 0.322. The van der Waals surface area contributed by atoms with Crippen LogP contribution in [0.1, 0.15) is 25.7 Å². The monoisotopic (exact) mass is 171 g/mol. The summed E-state index contributed by atoms with van der Waals surface area (Å²) >= 11 is 0. The van der Waals surface area contributed by atoms with Gasteiger partial charge in [-0.25, -0.2) is 0 Å². The first-order chi connectivity index (χ1) is 5.68. The Balaban J connectivity index is 2.13. The van der Waals surface area contributed by atoms with E-state index in [9.17, 15) is 9.90 Å². The Morgan fingerprint density at radius 1 is 1.42 bits per heavy atom. The zero-order chi connectivity index (χ0) is 8.97. The van der Waals surface area contributed by atoms with Crippen molar-refractivity contribution in [1.29, 1.82) is 0 Å². The quantitative estimate of drug-likeness (QED) is 0.611. The average molecular weight is 171 g/mol. The second kappa shape index (κ2) is 4.42. The number of rotatable bonds is 3. The van der Waals surface area contributed by atoms with Gasteiger partial charge in [0.15, 0.2) is 0 Å². The first-order valence-corrected chi connectivity index (χ1v) is 4.34. The molecule has 0 aromatic carbocycles. The molecule has 69 valence electrons. The highest BCUT2D eigenvalue weighted by Gasteiger charge is 2.18. The van der Waals surface area contributed by atoms with Gasteiger partial charge in [0.2, 0.25) is 0 Å². The zero-order valence-electron chi connectivity index (χ0n) is 7.05. The zero-order valence-corrected chi connectivity index (χ0v) is 7.05. The summed E-state index contributed by atoms with van der Waals surface area (Å²) in [7, 11) is 0. The maximum atomic E-state index is 10.3. The van der Waals surface area contributed by atoms with Crippen LogP contribution in [0.5, 0.6) is 0 Å². The van der Waals surface area contributed by atoms with Gasteiger partial charge in [-0.15, -0.1) is 0 Å². The average Bonchev–Trinajstić information content (AvgIpc) is 2.03. The maximum absolute atomic E-state index is 10.3. The molecule has 0 spiro atoms. The number of hydrogen-bond donors (Lipinski definition) is 2. The lowest BCUT2D eigenvalue weighted by Crippen LogP contribution is -2.37. The third-order valence-corrected chi connectivity index (χ3v) is 2.25. The molecule has 4 heteroatoms. The standard InChI is InChI=1S/C8H15N2O2/c9-8(12)5-10-6-1-3-7(11)4-2-6/h6-7,9-11H,1-5H2/t6-,7-. The first kappa shape index (κ1) is 9.48. The van der Waals surface area contributed by atoms with Gasteiger partial charge in [-0.05, 0) is 25.7 Å². The fourth-order valence-corrected chi connectivity index (χ4v) is 1.52. The number of hydrogen-bond acceptors (Lipinski definition) is 3. The van der Waals surface area contributed by atoms with Crippen molar-refractivity contribution < 1.29 is 9.90 Å². The fraction of sp³-hybridized carbons (Fsp3) is 0.875. The van der Waals surface area contributed by atoms with Crippen LogP contribution in [-0.4, -0.2) is 29.7 Å². The Hall–Kier alpha value is -0.610. The molecule has 0 aromatic heterocycles. The maximum Gasteiger partial charge on any atom is 0.252 e. The Bertz CT molecular complexity index is 153. The number of amides is 1. The molecule has 0 heterocycles. The van der Waals surface area contributed by atoms with E-state index >= 15 is 0 Å². The normalized spacial score (nSPS) is 30.1. The lowest BCUT2D eigenvalue weighted by molar-refractivity contribution is -0.118. The van der Waals surface area contributed by atoms with Gasteiger partial charge in [0, 0.05) is 6.04 Å². The molecule has 3 N–H and O–H groups in total. The molecule has 1 aliphatic rings. The highest BCUT2D eigenvalue weighted by molar-refractivity contribution is 5.75. The highest BCUT2D eigenvalue weighted by atomic mass is 16.3. The van der Waals surface area contributed by atoms with E-state index < -0.39 is 5.91 Å². The summed E-state index contributed by atoms with van der Waals surface area (Å²) < 4.78 is 0. The Labute approximate surface area is 72.1 Å². The van der Waals surface area contributed by atoms with Gasteiger partial charge in [0.1, 0.15) is 0 Å². The highest BCUT2D eigenvalue weighted by Crippen LogP contribution is 2.17. The van der Waals surface area contributed by atoms with Crippen LogP contribution in [0.25, 0.3) is 0 Å². The van der Waals surface area contributed by atoms with Gasteiger partial charge in [0.25, 0.3) is 5.91 Å². The summed E-state index contributed by atoms with van der Waals surface area (Å²) in [6.07, 6.45) is 3.28. The van der Waals surface area contributed by atoms with Crippen LogP contribution in [0.3, 0.4) is 0 Å². The van der Waals surface area contributed by atoms with Crippen molar-refractivity contribution in [3.63, 3.8) is 0 Å². The predicted molar refractivity (Wildman–Crippen MR) is 44.4 cm³/mol. The number of aliphatic hydroxyl groups is 1. The van der Waals surface area contributed by atoms with E-state index in [0.717, 1.165) is 25.7 Å². The van der Waals surface area contributed by atoms with Crippen LogP contribution < -0.4 is 11.1 Å². The lowest BCUT2D eigenvalue weighted by Gasteiger charge is -2.25. The van der Waals surface area contributed by atoms with E-state index in [1.165, 1.54) is 0 Å². The first-order valence-electron chi connectivity index (χ1n) is 4.34. The molecule has 0 bridgehead atoms. The molecule has 1 saturated carbocycles. The lowest BCUT2D eigenvalue weighted by atomic mass is 9.93. The molecule has 4 nitrogen and oxygen atoms in total. The third-order valence-electron chi connectivity index (χ3n) is 2.25. The van der Waals surface area contributed by atoms with Crippen LogP contribution >= 0.6 is 0 Å². The van der Waals surface area contributed by atoms with Gasteiger partial charge in [-0.1, -0.05) is 0 Å². The summed E-state index contributed by atoms with van der Waals surface area (Å²) in [6.45, 7) is 0.140. The van der Waals surface area contributed by atoms with Crippen molar-refractivity contribution in [2.45, 2.75) is 37.8 Å². The SMILES string of the molecule is [NH]C(=O)CN[C@H]1CC[C@H](O)CC1. The molecule has 1 aliphatic carbocycles. The summed E-state index contributed by atoms with van der Waals surface area (Å²) in [4.78, 5) is 10.3. The van der Waals surface area contributed by atoms with Crippen molar-refractivity contribution >= 4 is 5.91 Å². The van der Waals surface area contributed by atoms with Gasteiger partial charge in [-0.3, -0.25) is 10.5 Å². The predicted octanol–water partition coefficient (Wildman–Crippen LogP) is -0.311. The van der Waals surface area contributed by atoms with Crippen molar-refractivity contribution in [2.75, 3.05) is 6.54 Å². The van der Waals surface area contributed by atoms with Crippen molar-refractivity contribution in [3.8, 4) is 0 Å². The van der Waals surface area contributed by atoms with Gasteiger partial charge in [0.05, 0.1) is 12.6 Å². The fourth-order valence-electron chi connectivity index (χ4n) is 1.52. The molecule has 0 unspecified atom stereocenters. The van der Waals surface area contributed by atoms with Gasteiger partial charge >= 0.3 is 0 Å². The van der Waals surface area contributed by atoms with Gasteiger partial charge in [-0.2, -0.15) is 0 Å². The van der Waals surface area contributed by atoms with Gasteiger partial charge < -0.3 is 10.4 Å². The van der Waals surface area contributed by atoms with Crippen molar-refractivity contribution in [3.05, 3.63) is 0 Å². The molecule has 0 saturated heterocycles. The molecule has 1 rings (SSSR count). The molecule has 1 amide bonds. The number of carbonyl (C=O) groups excluding carboxylic acids is 1. The Morgan fingerprint density at radius 2 is 2.00 bits per heavy atom. The second-order valence-corrected chi connectivity index (χ2v) is 3.31. The van der Waals surface area contributed by atoms with Crippen LogP contribution in [0.2, 0.25) is 0 Å². The molecule has 0 aromatic rings.